The predicted molar refractivity (Wildman–Crippen MR) is 90.0 cm³/mol. The molecule has 0 atom stereocenters. The lowest BCUT2D eigenvalue weighted by atomic mass is 10.2. The summed E-state index contributed by atoms with van der Waals surface area (Å²) in [5.74, 6) is -1.15. The Bertz CT molecular complexity index is 911. The molecule has 24 heavy (non-hydrogen) atoms. The van der Waals surface area contributed by atoms with Crippen LogP contribution in [0.4, 0.5) is 11.6 Å². The highest BCUT2D eigenvalue weighted by molar-refractivity contribution is 7.90. The summed E-state index contributed by atoms with van der Waals surface area (Å²) >= 11 is 6.05. The lowest BCUT2D eigenvalue weighted by Gasteiger charge is -2.12. The van der Waals surface area contributed by atoms with E-state index in [0.717, 1.165) is 12.3 Å². The number of aromatic nitrogens is 2. The zero-order chi connectivity index (χ0) is 17.9. The van der Waals surface area contributed by atoms with E-state index in [2.05, 4.69) is 20.3 Å². The van der Waals surface area contributed by atoms with Gasteiger partial charge in [-0.1, -0.05) is 11.6 Å². The first-order valence-corrected chi connectivity index (χ1v) is 8.67. The molecule has 126 valence electrons. The van der Waals surface area contributed by atoms with Gasteiger partial charge in [0.15, 0.2) is 15.8 Å². The number of rotatable bonds is 4. The van der Waals surface area contributed by atoms with Crippen LogP contribution in [0.25, 0.3) is 0 Å². The fourth-order valence-corrected chi connectivity index (χ4v) is 2.87. The topological polar surface area (TPSA) is 153 Å². The monoisotopic (exact) mass is 368 g/mol. The maximum Gasteiger partial charge on any atom is 0.281 e. The zero-order valence-corrected chi connectivity index (χ0v) is 14.0. The number of nitrogens with zero attached hydrogens (tertiary/aromatic N) is 3. The van der Waals surface area contributed by atoms with Crippen LogP contribution in [-0.2, 0) is 9.84 Å². The summed E-state index contributed by atoms with van der Waals surface area (Å²) in [5, 5.41) is 2.71. The molecule has 0 saturated heterocycles. The molecule has 1 aromatic heterocycles. The number of sulfone groups is 1. The Morgan fingerprint density at radius 3 is 2.42 bits per heavy atom. The molecule has 11 heteroatoms. The van der Waals surface area contributed by atoms with Crippen molar-refractivity contribution < 1.29 is 13.2 Å². The summed E-state index contributed by atoms with van der Waals surface area (Å²) in [6, 6.07) is 3.97. The molecular formula is C13H13ClN6O3S. The quantitative estimate of drug-likeness (QED) is 0.526. The number of guanidine groups is 1. The van der Waals surface area contributed by atoms with Gasteiger partial charge in [-0.2, -0.15) is 4.99 Å². The van der Waals surface area contributed by atoms with Crippen molar-refractivity contribution in [1.29, 1.82) is 0 Å². The summed E-state index contributed by atoms with van der Waals surface area (Å²) < 4.78 is 24.1. The Morgan fingerprint density at radius 1 is 1.25 bits per heavy atom. The largest absolute Gasteiger partial charge is 0.370 e. The van der Waals surface area contributed by atoms with Gasteiger partial charge in [0.1, 0.15) is 0 Å². The molecule has 2 aromatic rings. The summed E-state index contributed by atoms with van der Waals surface area (Å²) in [5.41, 5.74) is 10.3. The first-order chi connectivity index (χ1) is 11.2. The minimum absolute atomic E-state index is 0.0316. The zero-order valence-electron chi connectivity index (χ0n) is 12.4. The van der Waals surface area contributed by atoms with E-state index < -0.39 is 21.7 Å². The highest BCUT2D eigenvalue weighted by Gasteiger charge is 2.21. The van der Waals surface area contributed by atoms with Gasteiger partial charge in [0.05, 0.1) is 21.2 Å². The van der Waals surface area contributed by atoms with Crippen molar-refractivity contribution in [3.8, 4) is 0 Å². The van der Waals surface area contributed by atoms with Gasteiger partial charge < -0.3 is 16.8 Å². The molecule has 0 aliphatic heterocycles. The molecule has 1 amide bonds. The number of anilines is 2. The molecule has 1 heterocycles. The number of halogens is 1. The van der Waals surface area contributed by atoms with Crippen LogP contribution in [0, 0.1) is 0 Å². The third-order valence-electron chi connectivity index (χ3n) is 2.74. The summed E-state index contributed by atoms with van der Waals surface area (Å²) in [4.78, 5) is 23.0. The number of amides is 1. The minimum atomic E-state index is -3.69. The van der Waals surface area contributed by atoms with Crippen molar-refractivity contribution in [2.45, 2.75) is 4.90 Å². The van der Waals surface area contributed by atoms with E-state index in [1.165, 1.54) is 18.5 Å². The standard InChI is InChI=1S/C13H13ClN6O3S/c1-24(22,23)10-5-7(11(21)20-12(15)16)8(14)6-9(10)19-13-17-3-2-4-18-13/h2-6H,1H3,(H,17,18,19)(H4,15,16,20,21). The van der Waals surface area contributed by atoms with Crippen molar-refractivity contribution in [3.63, 3.8) is 0 Å². The first-order valence-electron chi connectivity index (χ1n) is 6.40. The van der Waals surface area contributed by atoms with Gasteiger partial charge >= 0.3 is 0 Å². The molecule has 0 saturated carbocycles. The number of hydrogen-bond donors (Lipinski definition) is 3. The normalized spacial score (nSPS) is 10.9. The molecule has 2 rings (SSSR count). The maximum atomic E-state index is 12.0. The van der Waals surface area contributed by atoms with E-state index in [1.807, 2.05) is 0 Å². The highest BCUT2D eigenvalue weighted by Crippen LogP contribution is 2.30. The molecule has 1 aromatic carbocycles. The third-order valence-corrected chi connectivity index (χ3v) is 4.19. The van der Waals surface area contributed by atoms with Gasteiger partial charge in [-0.25, -0.2) is 18.4 Å². The van der Waals surface area contributed by atoms with Crippen LogP contribution in [0.3, 0.4) is 0 Å². The lowest BCUT2D eigenvalue weighted by molar-refractivity contribution is 0.100. The first kappa shape index (κ1) is 17.6. The average Bonchev–Trinajstić information content (AvgIpc) is 2.46. The molecule has 9 nitrogen and oxygen atoms in total. The number of benzene rings is 1. The van der Waals surface area contributed by atoms with Crippen LogP contribution in [-0.4, -0.2) is 36.5 Å². The maximum absolute atomic E-state index is 12.0. The van der Waals surface area contributed by atoms with Gasteiger partial charge in [0.2, 0.25) is 5.95 Å². The highest BCUT2D eigenvalue weighted by atomic mass is 35.5. The number of nitrogens with two attached hydrogens (primary N) is 2. The molecule has 5 N–H and O–H groups in total. The second kappa shape index (κ2) is 6.81. The van der Waals surface area contributed by atoms with Crippen molar-refractivity contribution in [2.24, 2.45) is 16.5 Å². The van der Waals surface area contributed by atoms with E-state index in [4.69, 9.17) is 23.1 Å². The molecular weight excluding hydrogens is 356 g/mol. The van der Waals surface area contributed by atoms with Crippen molar-refractivity contribution >= 4 is 44.9 Å². The second-order valence-corrected chi connectivity index (χ2v) is 7.03. The van der Waals surface area contributed by atoms with E-state index in [-0.39, 0.29) is 27.1 Å². The molecule has 0 aliphatic carbocycles. The molecule has 0 fully saturated rings. The molecule has 0 bridgehead atoms. The van der Waals surface area contributed by atoms with Crippen LogP contribution in [0.2, 0.25) is 5.02 Å². The van der Waals surface area contributed by atoms with Crippen molar-refractivity contribution in [3.05, 3.63) is 41.2 Å². The number of hydrogen-bond acceptors (Lipinski definition) is 6. The van der Waals surface area contributed by atoms with Gasteiger partial charge in [0.25, 0.3) is 5.91 Å². The van der Waals surface area contributed by atoms with E-state index in [9.17, 15) is 13.2 Å². The molecule has 0 radical (unpaired) electrons. The molecule has 0 spiro atoms. The van der Waals surface area contributed by atoms with Crippen LogP contribution < -0.4 is 16.8 Å². The van der Waals surface area contributed by atoms with E-state index >= 15 is 0 Å². The Balaban J connectivity index is 2.58. The van der Waals surface area contributed by atoms with E-state index in [0.29, 0.717) is 0 Å². The summed E-state index contributed by atoms with van der Waals surface area (Å²) in [6.07, 6.45) is 3.95. The van der Waals surface area contributed by atoms with Crippen molar-refractivity contribution in [2.75, 3.05) is 11.6 Å². The summed E-state index contributed by atoms with van der Waals surface area (Å²) in [7, 11) is -3.69. The number of aliphatic imine (C=N–C) groups is 1. The fourth-order valence-electron chi connectivity index (χ4n) is 1.78. The Kier molecular flexibility index (Phi) is 5.00. The number of carbonyl (C=O) groups excluding carboxylic acids is 1. The van der Waals surface area contributed by atoms with Gasteiger partial charge in [-0.3, -0.25) is 4.79 Å². The number of nitrogens with one attached hydrogen (secondary N) is 1. The lowest BCUT2D eigenvalue weighted by Crippen LogP contribution is -2.24. The van der Waals surface area contributed by atoms with Crippen molar-refractivity contribution in [1.82, 2.24) is 9.97 Å². The molecule has 0 aliphatic rings. The average molecular weight is 369 g/mol. The van der Waals surface area contributed by atoms with E-state index in [1.54, 1.807) is 6.07 Å². The number of carbonyl (C=O) groups is 1. The van der Waals surface area contributed by atoms with Gasteiger partial charge in [-0.15, -0.1) is 0 Å². The fraction of sp³-hybridized carbons (Fsp3) is 0.0769. The smallest absolute Gasteiger partial charge is 0.281 e. The summed E-state index contributed by atoms with van der Waals surface area (Å²) in [6.45, 7) is 0. The minimum Gasteiger partial charge on any atom is -0.370 e. The van der Waals surface area contributed by atoms with Crippen LogP contribution in [0.5, 0.6) is 0 Å². The van der Waals surface area contributed by atoms with Crippen LogP contribution in [0.15, 0.2) is 40.5 Å². The Labute approximate surface area is 142 Å². The van der Waals surface area contributed by atoms with Crippen LogP contribution >= 0.6 is 11.6 Å². The van der Waals surface area contributed by atoms with Gasteiger partial charge in [0, 0.05) is 18.6 Å². The van der Waals surface area contributed by atoms with Gasteiger partial charge in [-0.05, 0) is 18.2 Å². The second-order valence-electron chi connectivity index (χ2n) is 4.64. The predicted octanol–water partition coefficient (Wildman–Crippen LogP) is 0.691. The third kappa shape index (κ3) is 4.18. The Hall–Kier alpha value is -2.72. The van der Waals surface area contributed by atoms with Crippen LogP contribution in [0.1, 0.15) is 10.4 Å². The Morgan fingerprint density at radius 2 is 1.88 bits per heavy atom. The molecule has 0 unspecified atom stereocenters. The SMILES string of the molecule is CS(=O)(=O)c1cc(C(=O)N=C(N)N)c(Cl)cc1Nc1ncccn1.